The topological polar surface area (TPSA) is 163 Å². The van der Waals surface area contributed by atoms with E-state index in [9.17, 15) is 28.8 Å². The Kier molecular flexibility index (Phi) is 13.3. The van der Waals surface area contributed by atoms with Gasteiger partial charge in [0.25, 0.3) is 5.91 Å². The van der Waals surface area contributed by atoms with Crippen molar-refractivity contribution in [3.8, 4) is 12.3 Å². The lowest BCUT2D eigenvalue weighted by Crippen LogP contribution is -2.60. The Bertz CT molecular complexity index is 1040. The van der Waals surface area contributed by atoms with E-state index in [-0.39, 0.29) is 38.4 Å². The highest BCUT2D eigenvalue weighted by atomic mass is 16.5. The zero-order chi connectivity index (χ0) is 31.4. The lowest BCUT2D eigenvalue weighted by molar-refractivity contribution is -0.144. The Morgan fingerprint density at radius 2 is 1.74 bits per heavy atom. The van der Waals surface area contributed by atoms with Crippen LogP contribution in [0.25, 0.3) is 0 Å². The van der Waals surface area contributed by atoms with E-state index in [1.54, 1.807) is 20.8 Å². The summed E-state index contributed by atoms with van der Waals surface area (Å²) in [5.41, 5.74) is -0.732. The molecule has 4 N–H and O–H groups in total. The van der Waals surface area contributed by atoms with E-state index in [2.05, 4.69) is 27.2 Å². The summed E-state index contributed by atoms with van der Waals surface area (Å²) < 4.78 is 5.12. The molecule has 0 spiro atoms. The molecule has 12 heteroatoms. The van der Waals surface area contributed by atoms with Gasteiger partial charge in [0, 0.05) is 19.5 Å². The Balaban J connectivity index is 2.10. The van der Waals surface area contributed by atoms with Crippen LogP contribution in [-0.4, -0.2) is 84.8 Å². The van der Waals surface area contributed by atoms with Gasteiger partial charge < -0.3 is 30.9 Å². The molecule has 4 unspecified atom stereocenters. The number of hydrogen-bond acceptors (Lipinski definition) is 7. The van der Waals surface area contributed by atoms with Crippen molar-refractivity contribution in [3.05, 3.63) is 0 Å². The SMILES string of the molecule is C#CCCNC(=O)C(=O)C(CCCC)NC(=O)C1C(C)CCN1C(=O)C(NC(=O)NCC(=O)OCC1CC1)C(C)(C)C. The standard InChI is InChI=1S/C30H47N5O7/c1-7-9-11-21(24(37)27(39)31-15-10-8-2)33-26(38)23-19(3)14-16-35(23)28(40)25(30(4,5)6)34-29(41)32-17-22(36)42-18-20-12-13-20/h2,19-21,23,25H,7,9-18H2,1,3-6H3,(H,31,39)(H,33,38)(H2,32,34,41). The van der Waals surface area contributed by atoms with Crippen molar-refractivity contribution < 1.29 is 33.5 Å². The number of terminal acetylenes is 1. The van der Waals surface area contributed by atoms with Gasteiger partial charge in [0.15, 0.2) is 0 Å². The molecule has 0 aromatic heterocycles. The summed E-state index contributed by atoms with van der Waals surface area (Å²) in [5, 5.41) is 10.3. The lowest BCUT2D eigenvalue weighted by Gasteiger charge is -2.36. The molecule has 0 bridgehead atoms. The third-order valence-corrected chi connectivity index (χ3v) is 7.47. The summed E-state index contributed by atoms with van der Waals surface area (Å²) in [4.78, 5) is 78.7. The average Bonchev–Trinajstić information content (AvgIpc) is 3.69. The quantitative estimate of drug-likeness (QED) is 0.0967. The van der Waals surface area contributed by atoms with Crippen LogP contribution in [0.2, 0.25) is 0 Å². The molecule has 2 fully saturated rings. The minimum Gasteiger partial charge on any atom is -0.464 e. The third-order valence-electron chi connectivity index (χ3n) is 7.47. The number of hydrogen-bond donors (Lipinski definition) is 4. The van der Waals surface area contributed by atoms with Crippen molar-refractivity contribution in [1.82, 2.24) is 26.2 Å². The number of urea groups is 1. The molecule has 12 nitrogen and oxygen atoms in total. The highest BCUT2D eigenvalue weighted by Crippen LogP contribution is 2.30. The van der Waals surface area contributed by atoms with Crippen LogP contribution in [0.3, 0.4) is 0 Å². The fourth-order valence-corrected chi connectivity index (χ4v) is 4.72. The predicted molar refractivity (Wildman–Crippen MR) is 156 cm³/mol. The van der Waals surface area contributed by atoms with E-state index in [1.165, 1.54) is 4.90 Å². The molecule has 234 valence electrons. The number of ether oxygens (including phenoxy) is 1. The first-order chi connectivity index (χ1) is 19.8. The summed E-state index contributed by atoms with van der Waals surface area (Å²) in [5.74, 6) is -0.576. The number of amides is 5. The molecule has 1 heterocycles. The molecule has 0 aromatic carbocycles. The summed E-state index contributed by atoms with van der Waals surface area (Å²) in [7, 11) is 0. The van der Waals surface area contributed by atoms with Crippen molar-refractivity contribution >= 4 is 35.5 Å². The zero-order valence-electron chi connectivity index (χ0n) is 25.5. The number of carbonyl (C=O) groups is 6. The van der Waals surface area contributed by atoms with Gasteiger partial charge in [-0.1, -0.05) is 47.5 Å². The van der Waals surface area contributed by atoms with Crippen LogP contribution >= 0.6 is 0 Å². The van der Waals surface area contributed by atoms with Gasteiger partial charge in [-0.25, -0.2) is 4.79 Å². The van der Waals surface area contributed by atoms with Crippen molar-refractivity contribution in [1.29, 1.82) is 0 Å². The second-order valence-corrected chi connectivity index (χ2v) is 12.3. The second kappa shape index (κ2) is 16.1. The minimum atomic E-state index is -1.05. The van der Waals surface area contributed by atoms with Gasteiger partial charge in [-0.3, -0.25) is 24.0 Å². The average molecular weight is 590 g/mol. The molecule has 42 heavy (non-hydrogen) atoms. The Morgan fingerprint density at radius 3 is 2.33 bits per heavy atom. The van der Waals surface area contributed by atoms with E-state index in [4.69, 9.17) is 11.2 Å². The first-order valence-corrected chi connectivity index (χ1v) is 14.9. The number of rotatable bonds is 15. The Hall–Kier alpha value is -3.62. The van der Waals surface area contributed by atoms with Crippen LogP contribution in [0.4, 0.5) is 4.79 Å². The predicted octanol–water partition coefficient (Wildman–Crippen LogP) is 1.27. The lowest BCUT2D eigenvalue weighted by atomic mass is 9.85. The highest BCUT2D eigenvalue weighted by molar-refractivity contribution is 6.38. The van der Waals surface area contributed by atoms with E-state index in [0.29, 0.717) is 25.4 Å². The number of nitrogens with zero attached hydrogens (tertiary/aromatic N) is 1. The molecule has 1 saturated carbocycles. The van der Waals surface area contributed by atoms with Crippen molar-refractivity contribution in [2.75, 3.05) is 26.2 Å². The first-order valence-electron chi connectivity index (χ1n) is 14.9. The van der Waals surface area contributed by atoms with Crippen molar-refractivity contribution in [3.63, 3.8) is 0 Å². The zero-order valence-corrected chi connectivity index (χ0v) is 25.5. The molecular weight excluding hydrogens is 542 g/mol. The molecule has 0 aromatic rings. The second-order valence-electron chi connectivity index (χ2n) is 12.3. The molecule has 1 saturated heterocycles. The molecule has 1 aliphatic carbocycles. The summed E-state index contributed by atoms with van der Waals surface area (Å²) in [6.45, 7) is 9.55. The molecule has 0 radical (unpaired) electrons. The van der Waals surface area contributed by atoms with Gasteiger partial charge in [-0.2, -0.15) is 0 Å². The Morgan fingerprint density at radius 1 is 1.05 bits per heavy atom. The van der Waals surface area contributed by atoms with E-state index in [1.807, 2.05) is 13.8 Å². The molecule has 5 amide bonds. The normalized spacial score (nSPS) is 19.6. The van der Waals surface area contributed by atoms with E-state index >= 15 is 0 Å². The fraction of sp³-hybridized carbons (Fsp3) is 0.733. The summed E-state index contributed by atoms with van der Waals surface area (Å²) >= 11 is 0. The summed E-state index contributed by atoms with van der Waals surface area (Å²) in [6, 6.07) is -3.66. The van der Waals surface area contributed by atoms with Crippen molar-refractivity contribution in [2.45, 2.75) is 97.7 Å². The van der Waals surface area contributed by atoms with E-state index < -0.39 is 59.0 Å². The van der Waals surface area contributed by atoms with Gasteiger partial charge in [0.2, 0.25) is 17.6 Å². The maximum absolute atomic E-state index is 13.8. The maximum atomic E-state index is 13.8. The van der Waals surface area contributed by atoms with Crippen LogP contribution in [-0.2, 0) is 28.7 Å². The van der Waals surface area contributed by atoms with Gasteiger partial charge in [-0.15, -0.1) is 12.3 Å². The largest absolute Gasteiger partial charge is 0.464 e. The number of unbranched alkanes of at least 4 members (excludes halogenated alkanes) is 1. The fourth-order valence-electron chi connectivity index (χ4n) is 4.72. The summed E-state index contributed by atoms with van der Waals surface area (Å²) in [6.07, 6.45) is 9.71. The van der Waals surface area contributed by atoms with Crippen molar-refractivity contribution in [2.24, 2.45) is 17.3 Å². The molecule has 4 atom stereocenters. The molecule has 2 aliphatic rings. The number of esters is 1. The molecule has 2 rings (SSSR count). The number of nitrogens with one attached hydrogen (secondary N) is 4. The van der Waals surface area contributed by atoms with Gasteiger partial charge in [0.05, 0.1) is 12.6 Å². The first kappa shape index (κ1) is 34.6. The van der Waals surface area contributed by atoms with Gasteiger partial charge >= 0.3 is 12.0 Å². The van der Waals surface area contributed by atoms with E-state index in [0.717, 1.165) is 19.3 Å². The minimum absolute atomic E-state index is 0.147. The number of Topliss-reactive ketones (excluding diaryl/α,β-unsaturated/α-hetero) is 1. The van der Waals surface area contributed by atoms with Gasteiger partial charge in [-0.05, 0) is 42.9 Å². The Labute approximate surface area is 248 Å². The monoisotopic (exact) mass is 589 g/mol. The van der Waals surface area contributed by atoms with Gasteiger partial charge in [0.1, 0.15) is 18.6 Å². The molecule has 1 aliphatic heterocycles. The maximum Gasteiger partial charge on any atom is 0.325 e. The third kappa shape index (κ3) is 10.7. The number of carbonyl (C=O) groups excluding carboxylic acids is 6. The number of ketones is 1. The highest BCUT2D eigenvalue weighted by Gasteiger charge is 2.45. The van der Waals surface area contributed by atoms with Crippen LogP contribution in [0.5, 0.6) is 0 Å². The van der Waals surface area contributed by atoms with Crippen LogP contribution in [0.1, 0.15) is 79.6 Å². The molecular formula is C30H47N5O7. The number of likely N-dealkylation sites (tertiary alicyclic amines) is 1. The van der Waals surface area contributed by atoms with Crippen LogP contribution < -0.4 is 21.3 Å². The van der Waals surface area contributed by atoms with Crippen LogP contribution in [0.15, 0.2) is 0 Å². The van der Waals surface area contributed by atoms with Crippen LogP contribution in [0, 0.1) is 29.6 Å². The smallest absolute Gasteiger partial charge is 0.325 e.